The maximum Gasteiger partial charge on any atom is 0.112 e. The molecule has 0 aromatic heterocycles. The lowest BCUT2D eigenvalue weighted by atomic mass is 9.91. The monoisotopic (exact) mass is 436 g/mol. The van der Waals surface area contributed by atoms with Crippen molar-refractivity contribution in [2.75, 3.05) is 5.32 Å². The molecule has 0 unspecified atom stereocenters. The van der Waals surface area contributed by atoms with Crippen molar-refractivity contribution < 1.29 is 0 Å². The molecule has 0 spiro atoms. The molecule has 4 rings (SSSR count). The highest BCUT2D eigenvalue weighted by Crippen LogP contribution is 2.38. The fourth-order valence-corrected chi connectivity index (χ4v) is 4.40. The van der Waals surface area contributed by atoms with Crippen LogP contribution in [-0.4, -0.2) is 5.84 Å². The van der Waals surface area contributed by atoms with Gasteiger partial charge in [-0.05, 0) is 39.8 Å². The van der Waals surface area contributed by atoms with E-state index in [0.717, 1.165) is 17.2 Å². The number of aliphatic imine (C=N–C) groups is 1. The van der Waals surface area contributed by atoms with Gasteiger partial charge in [-0.1, -0.05) is 115 Å². The van der Waals surface area contributed by atoms with Crippen LogP contribution < -0.4 is 5.32 Å². The molecule has 4 aromatic carbocycles. The normalized spacial score (nSPS) is 12.8. The second-order valence-electron chi connectivity index (χ2n) is 10.6. The number of benzene rings is 4. The van der Waals surface area contributed by atoms with Gasteiger partial charge in [-0.3, -0.25) is 0 Å². The lowest BCUT2D eigenvalue weighted by molar-refractivity contribution is 0.589. The van der Waals surface area contributed by atoms with Crippen LogP contribution in [0.3, 0.4) is 0 Å². The van der Waals surface area contributed by atoms with E-state index in [1.54, 1.807) is 0 Å². The summed E-state index contributed by atoms with van der Waals surface area (Å²) in [6, 6.07) is 26.1. The van der Waals surface area contributed by atoms with Gasteiger partial charge >= 0.3 is 0 Å². The molecule has 0 heterocycles. The van der Waals surface area contributed by atoms with Crippen LogP contribution in [0, 0.1) is 5.41 Å². The third-order valence-corrected chi connectivity index (χ3v) is 6.29. The highest BCUT2D eigenvalue weighted by Gasteiger charge is 2.23. The number of hydrogen-bond donors (Lipinski definition) is 1. The molecule has 4 aromatic rings. The van der Waals surface area contributed by atoms with E-state index in [-0.39, 0.29) is 5.41 Å². The minimum absolute atomic E-state index is 0.156. The van der Waals surface area contributed by atoms with Gasteiger partial charge in [0.2, 0.25) is 0 Å². The first-order valence-corrected chi connectivity index (χ1v) is 12.1. The van der Waals surface area contributed by atoms with Crippen LogP contribution in [0.5, 0.6) is 0 Å². The maximum absolute atomic E-state index is 5.39. The molecule has 0 aliphatic heterocycles. The van der Waals surface area contributed by atoms with E-state index >= 15 is 0 Å². The number of fused-ring (bicyclic) bond motifs is 2. The van der Waals surface area contributed by atoms with E-state index in [2.05, 4.69) is 127 Å². The van der Waals surface area contributed by atoms with Gasteiger partial charge in [-0.2, -0.15) is 0 Å². The molecular formula is C31H36N2. The van der Waals surface area contributed by atoms with Crippen LogP contribution in [0.2, 0.25) is 0 Å². The quantitative estimate of drug-likeness (QED) is 0.192. The summed E-state index contributed by atoms with van der Waals surface area (Å²) in [5.74, 6) is 1.79. The Morgan fingerprint density at radius 1 is 0.697 bits per heavy atom. The predicted octanol–water partition coefficient (Wildman–Crippen LogP) is 9.43. The molecule has 0 atom stereocenters. The Labute approximate surface area is 198 Å². The van der Waals surface area contributed by atoms with Gasteiger partial charge in [0.25, 0.3) is 0 Å². The Hall–Kier alpha value is -3.13. The number of amidine groups is 1. The maximum atomic E-state index is 5.39. The summed E-state index contributed by atoms with van der Waals surface area (Å²) in [7, 11) is 0. The highest BCUT2D eigenvalue weighted by atomic mass is 15.0. The lowest BCUT2D eigenvalue weighted by Gasteiger charge is -2.26. The summed E-state index contributed by atoms with van der Waals surface area (Å²) in [6.45, 7) is 15.7. The fourth-order valence-electron chi connectivity index (χ4n) is 4.40. The molecule has 170 valence electrons. The highest BCUT2D eigenvalue weighted by molar-refractivity contribution is 6.17. The lowest BCUT2D eigenvalue weighted by Crippen LogP contribution is -2.28. The van der Waals surface area contributed by atoms with Gasteiger partial charge in [0.1, 0.15) is 5.84 Å². The molecule has 0 saturated carbocycles. The minimum atomic E-state index is -0.156. The molecule has 0 amide bonds. The first kappa shape index (κ1) is 23.0. The van der Waals surface area contributed by atoms with Crippen molar-refractivity contribution in [3.05, 3.63) is 83.9 Å². The zero-order valence-electron chi connectivity index (χ0n) is 21.0. The summed E-state index contributed by atoms with van der Waals surface area (Å²) >= 11 is 0. The topological polar surface area (TPSA) is 24.4 Å². The molecule has 0 radical (unpaired) electrons. The van der Waals surface area contributed by atoms with Gasteiger partial charge in [0.05, 0.1) is 11.4 Å². The van der Waals surface area contributed by atoms with Crippen molar-refractivity contribution in [1.29, 1.82) is 0 Å². The van der Waals surface area contributed by atoms with Crippen molar-refractivity contribution in [1.82, 2.24) is 0 Å². The van der Waals surface area contributed by atoms with Crippen LogP contribution >= 0.6 is 0 Å². The molecule has 0 saturated heterocycles. The second kappa shape index (κ2) is 9.02. The molecule has 0 bridgehead atoms. The zero-order valence-corrected chi connectivity index (χ0v) is 21.0. The van der Waals surface area contributed by atoms with Gasteiger partial charge in [0, 0.05) is 16.2 Å². The molecule has 0 fully saturated rings. The van der Waals surface area contributed by atoms with Crippen LogP contribution in [0.1, 0.15) is 71.4 Å². The van der Waals surface area contributed by atoms with E-state index in [9.17, 15) is 0 Å². The minimum Gasteiger partial charge on any atom is -0.342 e. The van der Waals surface area contributed by atoms with E-state index in [0.29, 0.717) is 11.8 Å². The Bertz CT molecular complexity index is 1240. The van der Waals surface area contributed by atoms with Crippen LogP contribution in [0.25, 0.3) is 21.5 Å². The van der Waals surface area contributed by atoms with E-state index in [1.807, 2.05) is 0 Å². The Kier molecular flexibility index (Phi) is 6.30. The van der Waals surface area contributed by atoms with Crippen molar-refractivity contribution in [2.24, 2.45) is 10.4 Å². The standard InChI is InChI=1S/C31H36N2/c1-20(2)24-17-12-18-25(21(3)4)28(24)32-30(31(5,6)7)33-29-26-15-10-8-13-22(26)19-23-14-9-11-16-27(23)29/h8-21H,1-7H3,(H,32,33). The molecule has 2 nitrogen and oxygen atoms in total. The van der Waals surface area contributed by atoms with Crippen molar-refractivity contribution in [3.63, 3.8) is 0 Å². The van der Waals surface area contributed by atoms with Crippen molar-refractivity contribution in [2.45, 2.75) is 60.3 Å². The number of hydrogen-bond acceptors (Lipinski definition) is 1. The number of rotatable bonds is 4. The SMILES string of the molecule is CC(C)c1cccc(C(C)C)c1N=C(Nc1c2ccccc2cc2ccccc12)C(C)(C)C. The molecule has 0 aliphatic rings. The number of nitrogens with zero attached hydrogens (tertiary/aromatic N) is 1. The van der Waals surface area contributed by atoms with E-state index in [1.165, 1.54) is 32.7 Å². The second-order valence-corrected chi connectivity index (χ2v) is 10.6. The van der Waals surface area contributed by atoms with Gasteiger partial charge in [-0.25, -0.2) is 4.99 Å². The Morgan fingerprint density at radius 2 is 1.18 bits per heavy atom. The molecule has 33 heavy (non-hydrogen) atoms. The summed E-state index contributed by atoms with van der Waals surface area (Å²) in [5, 5.41) is 8.74. The summed E-state index contributed by atoms with van der Waals surface area (Å²) in [6.07, 6.45) is 0. The third kappa shape index (κ3) is 4.66. The average Bonchev–Trinajstić information content (AvgIpc) is 2.77. The Balaban J connectivity index is 1.98. The van der Waals surface area contributed by atoms with Crippen LogP contribution in [0.15, 0.2) is 77.8 Å². The Morgan fingerprint density at radius 3 is 1.64 bits per heavy atom. The fraction of sp³-hybridized carbons (Fsp3) is 0.323. The summed E-state index contributed by atoms with van der Waals surface area (Å²) < 4.78 is 0. The van der Waals surface area contributed by atoms with Gasteiger partial charge in [0.15, 0.2) is 0 Å². The number of anilines is 1. The molecular weight excluding hydrogens is 400 g/mol. The third-order valence-electron chi connectivity index (χ3n) is 6.29. The van der Waals surface area contributed by atoms with Crippen molar-refractivity contribution >= 4 is 38.8 Å². The first-order valence-electron chi connectivity index (χ1n) is 12.1. The van der Waals surface area contributed by atoms with Crippen LogP contribution in [-0.2, 0) is 0 Å². The van der Waals surface area contributed by atoms with Gasteiger partial charge in [-0.15, -0.1) is 0 Å². The molecule has 2 heteroatoms. The van der Waals surface area contributed by atoms with Crippen molar-refractivity contribution in [3.8, 4) is 0 Å². The van der Waals surface area contributed by atoms with Crippen LogP contribution in [0.4, 0.5) is 11.4 Å². The van der Waals surface area contributed by atoms with E-state index in [4.69, 9.17) is 4.99 Å². The smallest absolute Gasteiger partial charge is 0.112 e. The first-order chi connectivity index (χ1) is 15.7. The number of nitrogens with one attached hydrogen (secondary N) is 1. The molecule has 0 aliphatic carbocycles. The zero-order chi connectivity index (χ0) is 23.8. The van der Waals surface area contributed by atoms with Gasteiger partial charge < -0.3 is 5.32 Å². The number of para-hydroxylation sites is 1. The summed E-state index contributed by atoms with van der Waals surface area (Å²) in [5.41, 5.74) is 4.69. The molecule has 1 N–H and O–H groups in total. The largest absolute Gasteiger partial charge is 0.342 e. The average molecular weight is 437 g/mol. The summed E-state index contributed by atoms with van der Waals surface area (Å²) in [4.78, 5) is 5.39. The van der Waals surface area contributed by atoms with E-state index < -0.39 is 0 Å². The predicted molar refractivity (Wildman–Crippen MR) is 146 cm³/mol.